The lowest BCUT2D eigenvalue weighted by Crippen LogP contribution is -2.43. The van der Waals surface area contributed by atoms with Gasteiger partial charge in [0.15, 0.2) is 0 Å². The number of aliphatic hydroxyl groups excluding tert-OH is 1. The van der Waals surface area contributed by atoms with Crippen LogP contribution in [-0.4, -0.2) is 36.6 Å². The molecule has 21 heavy (non-hydrogen) atoms. The zero-order valence-electron chi connectivity index (χ0n) is 12.2. The van der Waals surface area contributed by atoms with Crippen molar-refractivity contribution in [3.8, 4) is 0 Å². The van der Waals surface area contributed by atoms with E-state index < -0.39 is 35.4 Å². The molecule has 0 unspecified atom stereocenters. The van der Waals surface area contributed by atoms with E-state index in [1.54, 1.807) is 0 Å². The van der Waals surface area contributed by atoms with Gasteiger partial charge in [0.1, 0.15) is 23.0 Å². The molecule has 0 saturated heterocycles. The first-order valence-electron chi connectivity index (χ1n) is 6.20. The largest absolute Gasteiger partial charge is 0.465 e. The van der Waals surface area contributed by atoms with Crippen LogP contribution in [0.25, 0.3) is 0 Å². The normalized spacial score (nSPS) is 13.4. The van der Waals surface area contributed by atoms with E-state index >= 15 is 0 Å². The Bertz CT molecular complexity index is 605. The van der Waals surface area contributed by atoms with Crippen LogP contribution in [0.1, 0.15) is 30.9 Å². The molecule has 0 aromatic carbocycles. The Labute approximate surface area is 121 Å². The fourth-order valence-corrected chi connectivity index (χ4v) is 4.10. The van der Waals surface area contributed by atoms with Gasteiger partial charge < -0.3 is 9.52 Å². The molecule has 0 aliphatic rings. The second-order valence-corrected chi connectivity index (χ2v) is 6.77. The Morgan fingerprint density at radius 3 is 2.14 bits per heavy atom. The molecule has 0 radical (unpaired) electrons. The monoisotopic (exact) mass is 329 g/mol. The van der Waals surface area contributed by atoms with E-state index in [1.807, 2.05) is 0 Å². The Morgan fingerprint density at radius 1 is 1.24 bits per heavy atom. The van der Waals surface area contributed by atoms with Crippen LogP contribution in [-0.2, 0) is 16.6 Å². The first-order valence-corrected chi connectivity index (χ1v) is 7.64. The van der Waals surface area contributed by atoms with Crippen molar-refractivity contribution in [1.29, 1.82) is 0 Å². The Kier molecular flexibility index (Phi) is 5.12. The quantitative estimate of drug-likeness (QED) is 0.900. The maximum absolute atomic E-state index is 12.6. The van der Waals surface area contributed by atoms with Crippen molar-refractivity contribution in [2.45, 2.75) is 51.4 Å². The van der Waals surface area contributed by atoms with Crippen LogP contribution >= 0.6 is 0 Å². The van der Waals surface area contributed by atoms with Crippen molar-refractivity contribution in [2.24, 2.45) is 0 Å². The van der Waals surface area contributed by atoms with Crippen LogP contribution in [0.15, 0.2) is 9.31 Å². The Balaban J connectivity index is 3.44. The van der Waals surface area contributed by atoms with Crippen molar-refractivity contribution in [3.63, 3.8) is 0 Å². The molecule has 0 amide bonds. The molecule has 1 aromatic rings. The summed E-state index contributed by atoms with van der Waals surface area (Å²) in [5.74, 6) is 0.133. The van der Waals surface area contributed by atoms with Gasteiger partial charge in [-0.15, -0.1) is 0 Å². The van der Waals surface area contributed by atoms with Crippen molar-refractivity contribution in [1.82, 2.24) is 4.31 Å². The summed E-state index contributed by atoms with van der Waals surface area (Å²) in [6.07, 6.45) is -4.66. The standard InChI is InChI=1S/C12H18F3NO4S/c1-7(2)16(6-12(13,14)15)21(18,19)11-9(4)20-8(3)10(11)5-17/h7,17H,5-6H2,1-4H3. The van der Waals surface area contributed by atoms with Crippen LogP contribution < -0.4 is 0 Å². The van der Waals surface area contributed by atoms with Gasteiger partial charge in [-0.25, -0.2) is 8.42 Å². The van der Waals surface area contributed by atoms with Crippen molar-refractivity contribution < 1.29 is 31.1 Å². The van der Waals surface area contributed by atoms with Crippen LogP contribution in [0.2, 0.25) is 0 Å². The van der Waals surface area contributed by atoms with Crippen molar-refractivity contribution in [2.75, 3.05) is 6.54 Å². The highest BCUT2D eigenvalue weighted by Crippen LogP contribution is 2.32. The highest BCUT2D eigenvalue weighted by atomic mass is 32.2. The highest BCUT2D eigenvalue weighted by molar-refractivity contribution is 7.89. The van der Waals surface area contributed by atoms with E-state index in [1.165, 1.54) is 27.7 Å². The molecular formula is C12H18F3NO4S. The van der Waals surface area contributed by atoms with E-state index in [9.17, 15) is 26.7 Å². The van der Waals surface area contributed by atoms with Crippen molar-refractivity contribution in [3.05, 3.63) is 17.1 Å². The number of aliphatic hydroxyl groups is 1. The Morgan fingerprint density at radius 2 is 1.76 bits per heavy atom. The molecule has 1 rings (SSSR count). The molecule has 0 spiro atoms. The van der Waals surface area contributed by atoms with E-state index in [0.29, 0.717) is 4.31 Å². The zero-order valence-corrected chi connectivity index (χ0v) is 13.0. The number of aryl methyl sites for hydroxylation is 2. The second kappa shape index (κ2) is 5.98. The fraction of sp³-hybridized carbons (Fsp3) is 0.667. The van der Waals surface area contributed by atoms with Gasteiger partial charge in [-0.3, -0.25) is 0 Å². The van der Waals surface area contributed by atoms with E-state index in [0.717, 1.165) is 0 Å². The number of hydrogen-bond donors (Lipinski definition) is 1. The summed E-state index contributed by atoms with van der Waals surface area (Å²) in [4.78, 5) is -0.388. The first kappa shape index (κ1) is 18.0. The minimum absolute atomic E-state index is 0.0136. The predicted octanol–water partition coefficient (Wildman–Crippen LogP) is 2.35. The summed E-state index contributed by atoms with van der Waals surface area (Å²) in [7, 11) is -4.43. The summed E-state index contributed by atoms with van der Waals surface area (Å²) >= 11 is 0. The number of furan rings is 1. The van der Waals surface area contributed by atoms with Gasteiger partial charge in [-0.05, 0) is 27.7 Å². The SMILES string of the molecule is Cc1oc(C)c(S(=O)(=O)N(CC(F)(F)F)C(C)C)c1CO. The molecule has 1 N–H and O–H groups in total. The molecular weight excluding hydrogens is 311 g/mol. The zero-order chi connectivity index (χ0) is 16.6. The van der Waals surface area contributed by atoms with Gasteiger partial charge >= 0.3 is 6.18 Å². The third kappa shape index (κ3) is 3.78. The molecule has 0 aliphatic carbocycles. The molecule has 0 atom stereocenters. The molecule has 1 aromatic heterocycles. The van der Waals surface area contributed by atoms with Gasteiger partial charge in [0, 0.05) is 11.6 Å². The highest BCUT2D eigenvalue weighted by Gasteiger charge is 2.41. The van der Waals surface area contributed by atoms with E-state index in [-0.39, 0.29) is 22.0 Å². The minimum atomic E-state index is -4.66. The van der Waals surface area contributed by atoms with Crippen LogP contribution in [0.3, 0.4) is 0 Å². The van der Waals surface area contributed by atoms with Crippen LogP contribution in [0, 0.1) is 13.8 Å². The lowest BCUT2D eigenvalue weighted by molar-refractivity contribution is -0.138. The van der Waals surface area contributed by atoms with Gasteiger partial charge in [0.25, 0.3) is 0 Å². The number of sulfonamides is 1. The lowest BCUT2D eigenvalue weighted by atomic mass is 10.2. The van der Waals surface area contributed by atoms with Crippen LogP contribution in [0.5, 0.6) is 0 Å². The minimum Gasteiger partial charge on any atom is -0.465 e. The number of alkyl halides is 3. The molecule has 0 aliphatic heterocycles. The smallest absolute Gasteiger partial charge is 0.402 e. The summed E-state index contributed by atoms with van der Waals surface area (Å²) in [5.41, 5.74) is -0.0136. The molecule has 0 saturated carbocycles. The van der Waals surface area contributed by atoms with Crippen LogP contribution in [0.4, 0.5) is 13.2 Å². The van der Waals surface area contributed by atoms with E-state index in [4.69, 9.17) is 4.42 Å². The first-order chi connectivity index (χ1) is 9.41. The number of nitrogens with zero attached hydrogens (tertiary/aromatic N) is 1. The van der Waals surface area contributed by atoms with Gasteiger partial charge in [-0.2, -0.15) is 17.5 Å². The average molecular weight is 329 g/mol. The lowest BCUT2D eigenvalue weighted by Gasteiger charge is -2.27. The summed E-state index contributed by atoms with van der Waals surface area (Å²) in [5, 5.41) is 9.26. The van der Waals surface area contributed by atoms with Crippen molar-refractivity contribution >= 4 is 10.0 Å². The maximum atomic E-state index is 12.6. The molecule has 0 fully saturated rings. The molecule has 1 heterocycles. The predicted molar refractivity (Wildman–Crippen MR) is 69.2 cm³/mol. The summed E-state index contributed by atoms with van der Waals surface area (Å²) in [6.45, 7) is 3.26. The summed E-state index contributed by atoms with van der Waals surface area (Å²) in [6, 6.07) is -0.891. The number of halogens is 3. The van der Waals surface area contributed by atoms with Gasteiger partial charge in [-0.1, -0.05) is 0 Å². The molecule has 0 bridgehead atoms. The fourth-order valence-electron chi connectivity index (χ4n) is 2.07. The Hall–Kier alpha value is -1.06. The van der Waals surface area contributed by atoms with Gasteiger partial charge in [0.05, 0.1) is 6.61 Å². The third-order valence-corrected chi connectivity index (χ3v) is 5.18. The molecule has 9 heteroatoms. The topological polar surface area (TPSA) is 70.8 Å². The average Bonchev–Trinajstić information content (AvgIpc) is 2.59. The summed E-state index contributed by atoms with van der Waals surface area (Å²) < 4.78 is 68.4. The molecule has 5 nitrogen and oxygen atoms in total. The maximum Gasteiger partial charge on any atom is 0.402 e. The molecule has 122 valence electrons. The second-order valence-electron chi connectivity index (χ2n) is 4.94. The van der Waals surface area contributed by atoms with Gasteiger partial charge in [0.2, 0.25) is 10.0 Å². The number of rotatable bonds is 5. The third-order valence-electron chi connectivity index (χ3n) is 2.96. The number of hydrogen-bond acceptors (Lipinski definition) is 4. The van der Waals surface area contributed by atoms with E-state index in [2.05, 4.69) is 0 Å².